The van der Waals surface area contributed by atoms with E-state index in [0.717, 1.165) is 48.3 Å². The van der Waals surface area contributed by atoms with Crippen molar-refractivity contribution in [2.45, 2.75) is 117 Å². The van der Waals surface area contributed by atoms with E-state index in [1.165, 1.54) is 70.6 Å². The number of aliphatic hydroxyl groups excluding tert-OH is 1. The zero-order valence-electron chi connectivity index (χ0n) is 19.8. The number of fused-ring (bicyclic) bond motifs is 5. The number of hydrogen-bond donors (Lipinski definition) is 2. The van der Waals surface area contributed by atoms with Crippen molar-refractivity contribution >= 4 is 0 Å². The van der Waals surface area contributed by atoms with Crippen molar-refractivity contribution in [3.05, 3.63) is 0 Å². The zero-order valence-corrected chi connectivity index (χ0v) is 19.8. The monoisotopic (exact) mass is 404 g/mol. The third-order valence-electron chi connectivity index (χ3n) is 11.1. The van der Waals surface area contributed by atoms with Gasteiger partial charge >= 0.3 is 0 Å². The SMILES string of the molecule is CC(CCCC(C)(O)CO)[C@H]1CC[C@H]2[C@@H]3CCC4CCCC[C@]4(C)[C@H]3CC[C@]12C. The van der Waals surface area contributed by atoms with Crippen LogP contribution >= 0.6 is 0 Å². The van der Waals surface area contributed by atoms with Gasteiger partial charge < -0.3 is 10.2 Å². The highest BCUT2D eigenvalue weighted by Gasteiger charge is 2.60. The fraction of sp³-hybridized carbons (Fsp3) is 1.00. The molecule has 4 aliphatic rings. The number of hydrogen-bond acceptors (Lipinski definition) is 2. The van der Waals surface area contributed by atoms with Gasteiger partial charge in [0.1, 0.15) is 0 Å². The average molecular weight is 405 g/mol. The van der Waals surface area contributed by atoms with Crippen LogP contribution in [0.15, 0.2) is 0 Å². The maximum Gasteiger partial charge on any atom is 0.0849 e. The molecule has 2 nitrogen and oxygen atoms in total. The van der Waals surface area contributed by atoms with E-state index in [4.69, 9.17) is 0 Å². The van der Waals surface area contributed by atoms with Crippen LogP contribution in [0.4, 0.5) is 0 Å². The molecule has 0 amide bonds. The molecular formula is C27H48O2. The standard InChI is InChI=1S/C27H48O2/c1-19(8-7-15-25(2,29)18-28)22-12-13-23-21-11-10-20-9-5-6-16-26(20,3)24(21)14-17-27(22,23)4/h19-24,28-29H,5-18H2,1-4H3/t19?,20?,21-,22+,23-,24-,25?,26-,27+/m0/s1. The summed E-state index contributed by atoms with van der Waals surface area (Å²) in [5.41, 5.74) is 0.313. The highest BCUT2D eigenvalue weighted by Crippen LogP contribution is 2.68. The van der Waals surface area contributed by atoms with Gasteiger partial charge in [0, 0.05) is 0 Å². The quantitative estimate of drug-likeness (QED) is 0.524. The Morgan fingerprint density at radius 2 is 1.69 bits per heavy atom. The molecule has 0 aromatic heterocycles. The first-order valence-electron chi connectivity index (χ1n) is 13.0. The molecule has 0 saturated heterocycles. The molecule has 168 valence electrons. The van der Waals surface area contributed by atoms with Crippen molar-refractivity contribution in [2.24, 2.45) is 46.3 Å². The van der Waals surface area contributed by atoms with Crippen LogP contribution in [0.25, 0.3) is 0 Å². The van der Waals surface area contributed by atoms with E-state index < -0.39 is 5.60 Å². The molecule has 2 heteroatoms. The lowest BCUT2D eigenvalue weighted by molar-refractivity contribution is -0.114. The van der Waals surface area contributed by atoms with Crippen LogP contribution in [0.3, 0.4) is 0 Å². The zero-order chi connectivity index (χ0) is 20.9. The maximum atomic E-state index is 10.1. The van der Waals surface area contributed by atoms with Crippen molar-refractivity contribution in [1.29, 1.82) is 0 Å². The van der Waals surface area contributed by atoms with Gasteiger partial charge in [-0.15, -0.1) is 0 Å². The molecule has 4 saturated carbocycles. The molecule has 0 aromatic carbocycles. The molecule has 0 heterocycles. The van der Waals surface area contributed by atoms with Crippen LogP contribution < -0.4 is 0 Å². The Morgan fingerprint density at radius 3 is 2.45 bits per heavy atom. The molecule has 4 aliphatic carbocycles. The fourth-order valence-corrected chi connectivity index (χ4v) is 9.36. The van der Waals surface area contributed by atoms with E-state index >= 15 is 0 Å². The summed E-state index contributed by atoms with van der Waals surface area (Å²) in [5, 5.41) is 19.5. The van der Waals surface area contributed by atoms with Gasteiger partial charge in [0.05, 0.1) is 12.2 Å². The second kappa shape index (κ2) is 8.12. The van der Waals surface area contributed by atoms with Gasteiger partial charge in [-0.05, 0) is 111 Å². The second-order valence-corrected chi connectivity index (χ2v) is 12.7. The van der Waals surface area contributed by atoms with Gasteiger partial charge in [0.2, 0.25) is 0 Å². The van der Waals surface area contributed by atoms with Crippen molar-refractivity contribution < 1.29 is 10.2 Å². The molecule has 0 spiro atoms. The lowest BCUT2D eigenvalue weighted by atomic mass is 9.44. The average Bonchev–Trinajstić information content (AvgIpc) is 3.04. The Bertz CT molecular complexity index is 571. The minimum absolute atomic E-state index is 0.118. The van der Waals surface area contributed by atoms with E-state index in [9.17, 15) is 10.2 Å². The third kappa shape index (κ3) is 3.84. The Morgan fingerprint density at radius 1 is 0.931 bits per heavy atom. The molecule has 0 aliphatic heterocycles. The molecule has 29 heavy (non-hydrogen) atoms. The van der Waals surface area contributed by atoms with Crippen molar-refractivity contribution in [2.75, 3.05) is 6.61 Å². The minimum Gasteiger partial charge on any atom is -0.393 e. The molecule has 0 radical (unpaired) electrons. The largest absolute Gasteiger partial charge is 0.393 e. The van der Waals surface area contributed by atoms with E-state index in [1.54, 1.807) is 6.92 Å². The summed E-state index contributed by atoms with van der Waals surface area (Å²) in [6.45, 7) is 9.50. The van der Waals surface area contributed by atoms with Crippen LogP contribution in [0.2, 0.25) is 0 Å². The molecule has 9 atom stereocenters. The Labute approximate surface area is 180 Å². The molecule has 2 N–H and O–H groups in total. The minimum atomic E-state index is -0.895. The summed E-state index contributed by atoms with van der Waals surface area (Å²) in [7, 11) is 0. The van der Waals surface area contributed by atoms with Crippen LogP contribution in [-0.2, 0) is 0 Å². The summed E-state index contributed by atoms with van der Waals surface area (Å²) in [4.78, 5) is 0. The van der Waals surface area contributed by atoms with E-state index in [2.05, 4.69) is 20.8 Å². The predicted molar refractivity (Wildman–Crippen MR) is 121 cm³/mol. The lowest BCUT2D eigenvalue weighted by Crippen LogP contribution is -2.53. The summed E-state index contributed by atoms with van der Waals surface area (Å²) in [5.74, 6) is 5.61. The van der Waals surface area contributed by atoms with Gasteiger partial charge in [0.15, 0.2) is 0 Å². The molecule has 4 fully saturated rings. The first-order chi connectivity index (χ1) is 13.7. The molecule has 0 bridgehead atoms. The van der Waals surface area contributed by atoms with Crippen molar-refractivity contribution in [3.8, 4) is 0 Å². The topological polar surface area (TPSA) is 40.5 Å². The lowest BCUT2D eigenvalue weighted by Gasteiger charge is -2.61. The van der Waals surface area contributed by atoms with E-state index in [0.29, 0.717) is 10.8 Å². The summed E-state index contributed by atoms with van der Waals surface area (Å²) in [6, 6.07) is 0. The highest BCUT2D eigenvalue weighted by atomic mass is 16.3. The first kappa shape index (κ1) is 22.1. The second-order valence-electron chi connectivity index (χ2n) is 12.7. The summed E-state index contributed by atoms with van der Waals surface area (Å²) < 4.78 is 0. The van der Waals surface area contributed by atoms with Crippen LogP contribution in [0.1, 0.15) is 111 Å². The van der Waals surface area contributed by atoms with Gasteiger partial charge in [-0.25, -0.2) is 0 Å². The number of aliphatic hydroxyl groups is 2. The predicted octanol–water partition coefficient (Wildman–Crippen LogP) is 6.59. The molecule has 0 aromatic rings. The highest BCUT2D eigenvalue weighted by molar-refractivity contribution is 5.09. The smallest absolute Gasteiger partial charge is 0.0849 e. The van der Waals surface area contributed by atoms with Crippen LogP contribution in [0.5, 0.6) is 0 Å². The summed E-state index contributed by atoms with van der Waals surface area (Å²) in [6.07, 6.45) is 17.9. The Hall–Kier alpha value is -0.0800. The molecule has 4 rings (SSSR count). The maximum absolute atomic E-state index is 10.1. The number of rotatable bonds is 6. The fourth-order valence-electron chi connectivity index (χ4n) is 9.36. The normalized spacial score (nSPS) is 47.6. The first-order valence-corrected chi connectivity index (χ1v) is 13.0. The third-order valence-corrected chi connectivity index (χ3v) is 11.1. The molecule has 3 unspecified atom stereocenters. The van der Waals surface area contributed by atoms with E-state index in [1.807, 2.05) is 0 Å². The van der Waals surface area contributed by atoms with Crippen LogP contribution in [0, 0.1) is 46.3 Å². The van der Waals surface area contributed by atoms with Gasteiger partial charge in [0.25, 0.3) is 0 Å². The summed E-state index contributed by atoms with van der Waals surface area (Å²) >= 11 is 0. The van der Waals surface area contributed by atoms with Gasteiger partial charge in [-0.2, -0.15) is 0 Å². The van der Waals surface area contributed by atoms with Crippen molar-refractivity contribution in [3.63, 3.8) is 0 Å². The van der Waals surface area contributed by atoms with E-state index in [-0.39, 0.29) is 6.61 Å². The van der Waals surface area contributed by atoms with Gasteiger partial charge in [-0.3, -0.25) is 0 Å². The van der Waals surface area contributed by atoms with Crippen molar-refractivity contribution in [1.82, 2.24) is 0 Å². The Balaban J connectivity index is 1.42. The van der Waals surface area contributed by atoms with Gasteiger partial charge in [-0.1, -0.05) is 46.5 Å². The molecular weight excluding hydrogens is 356 g/mol. The Kier molecular flexibility index (Phi) is 6.19. The van der Waals surface area contributed by atoms with Crippen LogP contribution in [-0.4, -0.2) is 22.4 Å².